The van der Waals surface area contributed by atoms with E-state index in [0.717, 1.165) is 5.56 Å². The summed E-state index contributed by atoms with van der Waals surface area (Å²) in [6.07, 6.45) is 0.146. The molecular formula is C8H10N2O2P+. The van der Waals surface area contributed by atoms with Crippen LogP contribution in [0.3, 0.4) is 0 Å². The maximum absolute atomic E-state index is 10.5. The smallest absolute Gasteiger partial charge is 0.384 e. The predicted molar refractivity (Wildman–Crippen MR) is 51.0 cm³/mol. The lowest BCUT2D eigenvalue weighted by Gasteiger charge is -1.97. The van der Waals surface area contributed by atoms with Crippen LogP contribution in [0.2, 0.25) is 0 Å². The summed E-state index contributed by atoms with van der Waals surface area (Å²) in [7, 11) is -2.14. The number of nitrogen functional groups attached to an aromatic ring is 1. The van der Waals surface area contributed by atoms with Crippen LogP contribution >= 0.6 is 8.03 Å². The van der Waals surface area contributed by atoms with Crippen LogP contribution in [-0.4, -0.2) is 10.7 Å². The van der Waals surface area contributed by atoms with Crippen molar-refractivity contribution < 1.29 is 9.46 Å². The second-order valence-electron chi connectivity index (χ2n) is 2.62. The molecule has 0 aliphatic carbocycles. The van der Waals surface area contributed by atoms with Gasteiger partial charge in [-0.25, -0.2) is 0 Å². The maximum atomic E-state index is 10.5. The molecule has 0 saturated heterocycles. The minimum absolute atomic E-state index is 0.0000591. The molecule has 0 heterocycles. The van der Waals surface area contributed by atoms with Crippen molar-refractivity contribution in [1.29, 1.82) is 5.41 Å². The topological polar surface area (TPSA) is 87.2 Å². The highest BCUT2D eigenvalue weighted by atomic mass is 31.1. The van der Waals surface area contributed by atoms with Crippen molar-refractivity contribution in [3.63, 3.8) is 0 Å². The third-order valence-corrected chi connectivity index (χ3v) is 2.22. The first kappa shape index (κ1) is 9.84. The first-order valence-corrected chi connectivity index (χ1v) is 5.06. The van der Waals surface area contributed by atoms with E-state index in [2.05, 4.69) is 0 Å². The lowest BCUT2D eigenvalue weighted by atomic mass is 10.1. The zero-order valence-corrected chi connectivity index (χ0v) is 7.79. The highest BCUT2D eigenvalue weighted by Gasteiger charge is 2.10. The van der Waals surface area contributed by atoms with Gasteiger partial charge in [-0.1, -0.05) is 24.3 Å². The van der Waals surface area contributed by atoms with E-state index in [1.54, 1.807) is 24.3 Å². The molecule has 4 nitrogen and oxygen atoms in total. The largest absolute Gasteiger partial charge is 0.510 e. The molecule has 0 spiro atoms. The number of hydrogen-bond acceptors (Lipinski definition) is 2. The van der Waals surface area contributed by atoms with Gasteiger partial charge in [-0.05, 0) is 4.57 Å². The normalized spacial score (nSPS) is 11.0. The Hall–Kier alpha value is -1.25. The molecule has 0 saturated carbocycles. The van der Waals surface area contributed by atoms with E-state index in [1.165, 1.54) is 0 Å². The predicted octanol–water partition coefficient (Wildman–Crippen LogP) is 1.21. The molecule has 1 atom stereocenters. The third-order valence-electron chi connectivity index (χ3n) is 1.58. The molecule has 5 heteroatoms. The number of rotatable bonds is 3. The Labute approximate surface area is 76.8 Å². The molecule has 0 aromatic heterocycles. The molecule has 1 unspecified atom stereocenters. The molecule has 0 aliphatic rings. The molecule has 4 N–H and O–H groups in total. The summed E-state index contributed by atoms with van der Waals surface area (Å²) in [4.78, 5) is 8.63. The van der Waals surface area contributed by atoms with Crippen LogP contribution in [0.5, 0.6) is 0 Å². The van der Waals surface area contributed by atoms with Gasteiger partial charge in [-0.15, -0.1) is 0 Å². The average molecular weight is 197 g/mol. The van der Waals surface area contributed by atoms with Crippen molar-refractivity contribution in [2.45, 2.75) is 6.16 Å². The van der Waals surface area contributed by atoms with Crippen molar-refractivity contribution in [3.05, 3.63) is 35.4 Å². The highest BCUT2D eigenvalue weighted by molar-refractivity contribution is 7.37. The van der Waals surface area contributed by atoms with Crippen LogP contribution in [0.15, 0.2) is 24.3 Å². The van der Waals surface area contributed by atoms with Crippen LogP contribution in [0.1, 0.15) is 11.1 Å². The zero-order chi connectivity index (χ0) is 9.84. The van der Waals surface area contributed by atoms with E-state index in [4.69, 9.17) is 16.0 Å². The lowest BCUT2D eigenvalue weighted by molar-refractivity contribution is 0.502. The fraction of sp³-hybridized carbons (Fsp3) is 0.125. The Morgan fingerprint density at radius 3 is 2.38 bits per heavy atom. The molecule has 0 fully saturated rings. The van der Waals surface area contributed by atoms with Crippen LogP contribution in [0.25, 0.3) is 0 Å². The monoisotopic (exact) mass is 197 g/mol. The van der Waals surface area contributed by atoms with E-state index >= 15 is 0 Å². The van der Waals surface area contributed by atoms with Crippen molar-refractivity contribution in [2.75, 3.05) is 0 Å². The summed E-state index contributed by atoms with van der Waals surface area (Å²) in [5.41, 5.74) is 6.64. The van der Waals surface area contributed by atoms with Crippen molar-refractivity contribution in [1.82, 2.24) is 0 Å². The van der Waals surface area contributed by atoms with Gasteiger partial charge in [0.25, 0.3) is 0 Å². The molecule has 1 aromatic rings. The maximum Gasteiger partial charge on any atom is 0.510 e. The molecule has 13 heavy (non-hydrogen) atoms. The quantitative estimate of drug-likeness (QED) is 0.386. The van der Waals surface area contributed by atoms with Gasteiger partial charge in [-0.3, -0.25) is 5.41 Å². The first-order valence-electron chi connectivity index (χ1n) is 3.66. The zero-order valence-electron chi connectivity index (χ0n) is 6.90. The van der Waals surface area contributed by atoms with Crippen LogP contribution in [0.4, 0.5) is 0 Å². The van der Waals surface area contributed by atoms with E-state index in [-0.39, 0.29) is 12.0 Å². The van der Waals surface area contributed by atoms with Crippen molar-refractivity contribution >= 4 is 13.9 Å². The Morgan fingerprint density at radius 1 is 1.46 bits per heavy atom. The van der Waals surface area contributed by atoms with Gasteiger partial charge < -0.3 is 5.73 Å². The molecule has 1 rings (SSSR count). The Morgan fingerprint density at radius 2 is 2.00 bits per heavy atom. The van der Waals surface area contributed by atoms with Crippen molar-refractivity contribution in [3.8, 4) is 0 Å². The average Bonchev–Trinajstić information content (AvgIpc) is 2.04. The lowest BCUT2D eigenvalue weighted by Crippen LogP contribution is -2.10. The fourth-order valence-electron chi connectivity index (χ4n) is 0.946. The second kappa shape index (κ2) is 4.12. The van der Waals surface area contributed by atoms with Crippen LogP contribution in [-0.2, 0) is 10.7 Å². The van der Waals surface area contributed by atoms with E-state index < -0.39 is 8.03 Å². The molecule has 1 aromatic carbocycles. The van der Waals surface area contributed by atoms with E-state index in [1.807, 2.05) is 0 Å². The Bertz CT molecular complexity index is 335. The van der Waals surface area contributed by atoms with Gasteiger partial charge in [0.15, 0.2) is 0 Å². The summed E-state index contributed by atoms with van der Waals surface area (Å²) < 4.78 is 10.5. The Balaban J connectivity index is 2.81. The highest BCUT2D eigenvalue weighted by Crippen LogP contribution is 2.20. The van der Waals surface area contributed by atoms with E-state index in [9.17, 15) is 4.57 Å². The number of nitrogens with one attached hydrogen (secondary N) is 1. The summed E-state index contributed by atoms with van der Waals surface area (Å²) >= 11 is 0. The molecule has 0 aliphatic heterocycles. The Kier molecular flexibility index (Phi) is 3.12. The summed E-state index contributed by atoms with van der Waals surface area (Å²) in [6.45, 7) is 0. The minimum atomic E-state index is -2.14. The van der Waals surface area contributed by atoms with Crippen LogP contribution < -0.4 is 5.73 Å². The number of amidine groups is 1. The van der Waals surface area contributed by atoms with Gasteiger partial charge in [0.1, 0.15) is 5.84 Å². The third kappa shape index (κ3) is 2.93. The van der Waals surface area contributed by atoms with Gasteiger partial charge in [0.05, 0.1) is 0 Å². The van der Waals surface area contributed by atoms with Gasteiger partial charge in [-0.2, -0.15) is 4.89 Å². The molecule has 0 radical (unpaired) electrons. The number of benzene rings is 1. The summed E-state index contributed by atoms with van der Waals surface area (Å²) in [6, 6.07) is 6.72. The molecular weight excluding hydrogens is 187 g/mol. The molecule has 0 bridgehead atoms. The molecule has 68 valence electrons. The first-order chi connectivity index (χ1) is 6.09. The number of hydrogen-bond donors (Lipinski definition) is 3. The van der Waals surface area contributed by atoms with Crippen LogP contribution in [0, 0.1) is 5.41 Å². The summed E-state index contributed by atoms with van der Waals surface area (Å²) in [5, 5.41) is 7.12. The van der Waals surface area contributed by atoms with Gasteiger partial charge in [0.2, 0.25) is 6.16 Å². The standard InChI is InChI=1S/C8H9N2O2P/c9-8(10)7-3-1-6(2-4-7)5-13(11)12/h1-4H,5H2,(H3-,9,10,11,12)/p+1. The SMILES string of the molecule is N=C(N)c1ccc(C[P+](=O)O)cc1. The second-order valence-corrected chi connectivity index (χ2v) is 3.64. The van der Waals surface area contributed by atoms with Crippen molar-refractivity contribution in [2.24, 2.45) is 5.73 Å². The van der Waals surface area contributed by atoms with Gasteiger partial charge in [0, 0.05) is 11.1 Å². The number of nitrogens with two attached hydrogens (primary N) is 1. The fourth-order valence-corrected chi connectivity index (χ4v) is 1.47. The molecule has 0 amide bonds. The van der Waals surface area contributed by atoms with Gasteiger partial charge >= 0.3 is 8.03 Å². The summed E-state index contributed by atoms with van der Waals surface area (Å²) in [5.74, 6) is -0.0000591. The van der Waals surface area contributed by atoms with E-state index in [0.29, 0.717) is 5.56 Å². The minimum Gasteiger partial charge on any atom is -0.384 e.